The second kappa shape index (κ2) is 11.1. The summed E-state index contributed by atoms with van der Waals surface area (Å²) in [6.07, 6.45) is 0.294. The number of amides is 1. The van der Waals surface area contributed by atoms with Crippen LogP contribution in [0.1, 0.15) is 23.1 Å². The molecular weight excluding hydrogens is 407 g/mol. The fourth-order valence-electron chi connectivity index (χ4n) is 4.06. The number of anilines is 1. The monoisotopic (exact) mass is 438 g/mol. The lowest BCUT2D eigenvalue weighted by atomic mass is 10.1. The van der Waals surface area contributed by atoms with Gasteiger partial charge in [-0.25, -0.2) is 4.39 Å². The Balaban J connectivity index is 1.60. The Hall–Kier alpha value is -2.95. The molecule has 0 unspecified atom stereocenters. The van der Waals surface area contributed by atoms with E-state index >= 15 is 0 Å². The van der Waals surface area contributed by atoms with E-state index < -0.39 is 0 Å². The number of halogens is 1. The standard InChI is InChI=1S/C25H31FN4O2/c1-19-6-4-7-23(20(19)2)30(11-5-10-27)25(31)18-29-14-12-28(13-15-29)17-21-16-22(26)8-9-24(21)32-3/h4,6-9,16H,5,11-15,17-18H2,1-3H3. The van der Waals surface area contributed by atoms with Gasteiger partial charge in [0.15, 0.2) is 0 Å². The molecule has 1 aliphatic heterocycles. The largest absolute Gasteiger partial charge is 0.496 e. The fraction of sp³-hybridized carbons (Fsp3) is 0.440. The van der Waals surface area contributed by atoms with E-state index in [9.17, 15) is 9.18 Å². The van der Waals surface area contributed by atoms with E-state index in [0.29, 0.717) is 31.8 Å². The van der Waals surface area contributed by atoms with Gasteiger partial charge in [0.25, 0.3) is 0 Å². The highest BCUT2D eigenvalue weighted by Crippen LogP contribution is 2.24. The van der Waals surface area contributed by atoms with Crippen molar-refractivity contribution < 1.29 is 13.9 Å². The maximum Gasteiger partial charge on any atom is 0.241 e. The van der Waals surface area contributed by atoms with Crippen molar-refractivity contribution in [1.29, 1.82) is 5.26 Å². The lowest BCUT2D eigenvalue weighted by molar-refractivity contribution is -0.120. The van der Waals surface area contributed by atoms with Gasteiger partial charge < -0.3 is 9.64 Å². The number of aryl methyl sites for hydroxylation is 1. The van der Waals surface area contributed by atoms with E-state index in [1.165, 1.54) is 12.1 Å². The van der Waals surface area contributed by atoms with Gasteiger partial charge in [-0.1, -0.05) is 12.1 Å². The van der Waals surface area contributed by atoms with Gasteiger partial charge in [0.2, 0.25) is 5.91 Å². The average molecular weight is 439 g/mol. The molecule has 1 aliphatic rings. The van der Waals surface area contributed by atoms with Gasteiger partial charge in [0, 0.05) is 50.5 Å². The summed E-state index contributed by atoms with van der Waals surface area (Å²) in [5.41, 5.74) is 3.89. The third-order valence-corrected chi connectivity index (χ3v) is 6.08. The summed E-state index contributed by atoms with van der Waals surface area (Å²) in [4.78, 5) is 19.3. The van der Waals surface area contributed by atoms with Crippen molar-refractivity contribution in [3.63, 3.8) is 0 Å². The van der Waals surface area contributed by atoms with Gasteiger partial charge in [-0.05, 0) is 49.2 Å². The molecule has 6 nitrogen and oxygen atoms in total. The second-order valence-electron chi connectivity index (χ2n) is 8.18. The predicted octanol–water partition coefficient (Wildman–Crippen LogP) is 3.52. The van der Waals surface area contributed by atoms with Gasteiger partial charge in [-0.2, -0.15) is 5.26 Å². The SMILES string of the molecule is COc1ccc(F)cc1CN1CCN(CC(=O)N(CCC#N)c2cccc(C)c2C)CC1. The van der Waals surface area contributed by atoms with E-state index in [-0.39, 0.29) is 11.7 Å². The first kappa shape index (κ1) is 23.7. The summed E-state index contributed by atoms with van der Waals surface area (Å²) in [5.74, 6) is 0.425. The summed E-state index contributed by atoms with van der Waals surface area (Å²) >= 11 is 0. The highest BCUT2D eigenvalue weighted by Gasteiger charge is 2.24. The predicted molar refractivity (Wildman–Crippen MR) is 123 cm³/mol. The number of hydrogen-bond donors (Lipinski definition) is 0. The molecule has 7 heteroatoms. The number of piperazine rings is 1. The summed E-state index contributed by atoms with van der Waals surface area (Å²) in [6, 6.07) is 12.7. The molecule has 170 valence electrons. The van der Waals surface area contributed by atoms with Gasteiger partial charge in [-0.3, -0.25) is 14.6 Å². The molecule has 32 heavy (non-hydrogen) atoms. The zero-order valence-electron chi connectivity index (χ0n) is 19.1. The molecule has 0 aromatic heterocycles. The number of benzene rings is 2. The first-order valence-electron chi connectivity index (χ1n) is 10.9. The van der Waals surface area contributed by atoms with Crippen LogP contribution in [0, 0.1) is 31.0 Å². The highest BCUT2D eigenvalue weighted by molar-refractivity contribution is 5.95. The van der Waals surface area contributed by atoms with Crippen molar-refractivity contribution in [2.75, 3.05) is 51.3 Å². The first-order chi connectivity index (χ1) is 15.4. The first-order valence-corrected chi connectivity index (χ1v) is 10.9. The van der Waals surface area contributed by atoms with Crippen LogP contribution in [-0.2, 0) is 11.3 Å². The normalized spacial score (nSPS) is 14.7. The minimum Gasteiger partial charge on any atom is -0.496 e. The zero-order valence-corrected chi connectivity index (χ0v) is 19.1. The van der Waals surface area contributed by atoms with E-state index in [0.717, 1.165) is 48.6 Å². The number of nitrogens with zero attached hydrogens (tertiary/aromatic N) is 4. The lowest BCUT2D eigenvalue weighted by Crippen LogP contribution is -2.50. The van der Waals surface area contributed by atoms with Crippen LogP contribution in [0.25, 0.3) is 0 Å². The molecular formula is C25H31FN4O2. The minimum absolute atomic E-state index is 0.00852. The molecule has 1 amide bonds. The maximum atomic E-state index is 13.7. The smallest absolute Gasteiger partial charge is 0.241 e. The van der Waals surface area contributed by atoms with Crippen molar-refractivity contribution >= 4 is 11.6 Å². The minimum atomic E-state index is -0.270. The molecule has 1 saturated heterocycles. The summed E-state index contributed by atoms with van der Waals surface area (Å²) in [5, 5.41) is 9.06. The van der Waals surface area contributed by atoms with Gasteiger partial charge in [0.05, 0.1) is 26.1 Å². The third kappa shape index (κ3) is 5.84. The molecule has 2 aromatic rings. The van der Waals surface area contributed by atoms with Crippen LogP contribution in [0.3, 0.4) is 0 Å². The van der Waals surface area contributed by atoms with Crippen molar-refractivity contribution in [3.8, 4) is 11.8 Å². The van der Waals surface area contributed by atoms with Crippen LogP contribution >= 0.6 is 0 Å². The van der Waals surface area contributed by atoms with Crippen molar-refractivity contribution in [3.05, 3.63) is 58.9 Å². The van der Waals surface area contributed by atoms with Gasteiger partial charge >= 0.3 is 0 Å². The molecule has 2 aromatic carbocycles. The summed E-state index contributed by atoms with van der Waals surface area (Å²) < 4.78 is 19.0. The van der Waals surface area contributed by atoms with Crippen LogP contribution in [-0.4, -0.2) is 62.1 Å². The van der Waals surface area contributed by atoms with Crippen LogP contribution in [0.15, 0.2) is 36.4 Å². The number of rotatable bonds is 8. The maximum absolute atomic E-state index is 13.7. The van der Waals surface area contributed by atoms with Gasteiger partial charge in [-0.15, -0.1) is 0 Å². The molecule has 0 spiro atoms. The number of nitriles is 1. The topological polar surface area (TPSA) is 59.8 Å². The third-order valence-electron chi connectivity index (χ3n) is 6.08. The van der Waals surface area contributed by atoms with Crippen LogP contribution in [0.4, 0.5) is 10.1 Å². The van der Waals surface area contributed by atoms with E-state index in [1.54, 1.807) is 18.1 Å². The highest BCUT2D eigenvalue weighted by atomic mass is 19.1. The van der Waals surface area contributed by atoms with Crippen molar-refractivity contribution in [2.24, 2.45) is 0 Å². The molecule has 0 bridgehead atoms. The summed E-state index contributed by atoms with van der Waals surface area (Å²) in [6.45, 7) is 8.43. The van der Waals surface area contributed by atoms with E-state index in [4.69, 9.17) is 10.00 Å². The number of carbonyl (C=O) groups excluding carboxylic acids is 1. The number of hydrogen-bond acceptors (Lipinski definition) is 5. The van der Waals surface area contributed by atoms with Crippen molar-refractivity contribution in [1.82, 2.24) is 9.80 Å². The number of ether oxygens (including phenoxy) is 1. The van der Waals surface area contributed by atoms with Crippen LogP contribution in [0.2, 0.25) is 0 Å². The zero-order chi connectivity index (χ0) is 23.1. The lowest BCUT2D eigenvalue weighted by Gasteiger charge is -2.35. The molecule has 0 atom stereocenters. The molecule has 0 radical (unpaired) electrons. The molecule has 1 fully saturated rings. The Morgan fingerprint density at radius 2 is 1.88 bits per heavy atom. The molecule has 0 N–H and O–H groups in total. The quantitative estimate of drug-likeness (QED) is 0.631. The Labute approximate surface area is 189 Å². The molecule has 3 rings (SSSR count). The molecule has 1 heterocycles. The van der Waals surface area contributed by atoms with E-state index in [2.05, 4.69) is 15.9 Å². The Morgan fingerprint density at radius 3 is 2.56 bits per heavy atom. The van der Waals surface area contributed by atoms with Crippen LogP contribution < -0.4 is 9.64 Å². The Morgan fingerprint density at radius 1 is 1.16 bits per heavy atom. The number of carbonyl (C=O) groups is 1. The van der Waals surface area contributed by atoms with Crippen LogP contribution in [0.5, 0.6) is 5.75 Å². The Kier molecular flexibility index (Phi) is 8.20. The molecule has 0 saturated carbocycles. The molecule has 0 aliphatic carbocycles. The van der Waals surface area contributed by atoms with E-state index in [1.807, 2.05) is 32.0 Å². The fourth-order valence-corrected chi connectivity index (χ4v) is 4.06. The van der Waals surface area contributed by atoms with Crippen molar-refractivity contribution in [2.45, 2.75) is 26.8 Å². The average Bonchev–Trinajstić information content (AvgIpc) is 2.78. The Bertz CT molecular complexity index is 980. The number of methoxy groups -OCH3 is 1. The van der Waals surface area contributed by atoms with Gasteiger partial charge in [0.1, 0.15) is 11.6 Å². The second-order valence-corrected chi connectivity index (χ2v) is 8.18. The summed E-state index contributed by atoms with van der Waals surface area (Å²) in [7, 11) is 1.59.